The molecule has 0 atom stereocenters. The fraction of sp³-hybridized carbons (Fsp3) is 0.193. The zero-order valence-electron chi connectivity index (χ0n) is 55.2. The van der Waals surface area contributed by atoms with Gasteiger partial charge in [-0.2, -0.15) is 0 Å². The number of para-hydroxylation sites is 4. The van der Waals surface area contributed by atoms with Crippen molar-refractivity contribution in [3.05, 3.63) is 311 Å². The largest absolute Gasteiger partial charge is 0.457 e. The Hall–Kier alpha value is -10.2. The molecule has 0 fully saturated rings. The Kier molecular flexibility index (Phi) is 13.2. The predicted octanol–water partition coefficient (Wildman–Crippen LogP) is 23.1. The summed E-state index contributed by atoms with van der Waals surface area (Å²) >= 11 is 0. The minimum Gasteiger partial charge on any atom is -0.457 e. The fourth-order valence-electron chi connectivity index (χ4n) is 15.6. The molecule has 0 saturated heterocycles. The van der Waals surface area contributed by atoms with Gasteiger partial charge in [-0.05, 0) is 155 Å². The van der Waals surface area contributed by atoms with Gasteiger partial charge in [-0.25, -0.2) is 4.98 Å². The molecule has 0 N–H and O–H groups in total. The molecule has 0 amide bonds. The molecule has 13 aromatic rings. The second-order valence-corrected chi connectivity index (χ2v) is 29.6. The third-order valence-electron chi connectivity index (χ3n) is 20.4. The van der Waals surface area contributed by atoms with E-state index in [1.54, 1.807) is 0 Å². The molecule has 0 bridgehead atoms. The van der Waals surface area contributed by atoms with Gasteiger partial charge in [-0.15, -0.1) is 0 Å². The summed E-state index contributed by atoms with van der Waals surface area (Å²) in [5, 5.41) is 2.31. The van der Waals surface area contributed by atoms with E-state index < -0.39 is 5.41 Å². The Morgan fingerprint density at radius 2 is 0.914 bits per heavy atom. The van der Waals surface area contributed by atoms with Crippen molar-refractivity contribution < 1.29 is 4.74 Å². The number of ether oxygens (including phenoxy) is 1. The first kappa shape index (κ1) is 57.9. The highest BCUT2D eigenvalue weighted by molar-refractivity contribution is 6.09. The molecule has 16 rings (SSSR count). The monoisotopic (exact) mass is 1210 g/mol. The Morgan fingerprint density at radius 3 is 1.60 bits per heavy atom. The highest BCUT2D eigenvalue weighted by Gasteiger charge is 2.53. The van der Waals surface area contributed by atoms with Crippen LogP contribution in [0.15, 0.2) is 261 Å². The molecule has 3 heterocycles. The Balaban J connectivity index is 0.810. The Morgan fingerprint density at radius 1 is 0.366 bits per heavy atom. The molecule has 3 aliphatic rings. The first-order valence-electron chi connectivity index (χ1n) is 33.0. The van der Waals surface area contributed by atoms with Crippen molar-refractivity contribution in [2.45, 2.75) is 103 Å². The molecule has 0 radical (unpaired) electrons. The van der Waals surface area contributed by atoms with Gasteiger partial charge < -0.3 is 14.5 Å². The van der Waals surface area contributed by atoms with Crippen molar-refractivity contribution in [3.63, 3.8) is 0 Å². The summed E-state index contributed by atoms with van der Waals surface area (Å²) in [4.78, 5) is 10.2. The molecule has 1 aliphatic heterocycles. The van der Waals surface area contributed by atoms with Gasteiger partial charge in [0, 0.05) is 56.9 Å². The molecule has 2 aliphatic carbocycles. The van der Waals surface area contributed by atoms with Crippen LogP contribution in [0.2, 0.25) is 0 Å². The third-order valence-corrected chi connectivity index (χ3v) is 20.4. The summed E-state index contributed by atoms with van der Waals surface area (Å²) in [6.45, 7) is 26.2. The molecule has 2 aromatic heterocycles. The predicted molar refractivity (Wildman–Crippen MR) is 389 cm³/mol. The summed E-state index contributed by atoms with van der Waals surface area (Å²) in [6, 6.07) is 95.2. The van der Waals surface area contributed by atoms with Crippen LogP contribution in [0.5, 0.6) is 11.5 Å². The van der Waals surface area contributed by atoms with E-state index in [9.17, 15) is 0 Å². The van der Waals surface area contributed by atoms with Crippen LogP contribution in [0, 0.1) is 0 Å². The van der Waals surface area contributed by atoms with Gasteiger partial charge in [0.05, 0.1) is 33.5 Å². The van der Waals surface area contributed by atoms with Crippen molar-refractivity contribution in [1.29, 1.82) is 0 Å². The average Bonchev–Trinajstić information content (AvgIpc) is 1.58. The highest BCUT2D eigenvalue weighted by Crippen LogP contribution is 2.63. The topological polar surface area (TPSA) is 33.5 Å². The van der Waals surface area contributed by atoms with Crippen molar-refractivity contribution in [1.82, 2.24) is 9.55 Å². The van der Waals surface area contributed by atoms with Crippen LogP contribution < -0.4 is 14.5 Å². The maximum absolute atomic E-state index is 7.00. The van der Waals surface area contributed by atoms with Crippen LogP contribution in [0.3, 0.4) is 0 Å². The fourth-order valence-corrected chi connectivity index (χ4v) is 15.6. The van der Waals surface area contributed by atoms with E-state index in [1.807, 2.05) is 6.20 Å². The molecule has 0 saturated carbocycles. The lowest BCUT2D eigenvalue weighted by atomic mass is 9.55. The summed E-state index contributed by atoms with van der Waals surface area (Å²) < 4.78 is 9.26. The van der Waals surface area contributed by atoms with Crippen molar-refractivity contribution in [3.8, 4) is 61.8 Å². The van der Waals surface area contributed by atoms with E-state index in [4.69, 9.17) is 9.72 Å². The Labute approximate surface area is 548 Å². The quantitative estimate of drug-likeness (QED) is 0.152. The Bertz CT molecular complexity index is 5070. The first-order chi connectivity index (χ1) is 44.7. The van der Waals surface area contributed by atoms with E-state index in [0.29, 0.717) is 6.67 Å². The second-order valence-electron chi connectivity index (χ2n) is 29.6. The van der Waals surface area contributed by atoms with Crippen molar-refractivity contribution in [2.75, 3.05) is 16.5 Å². The number of hydrogen-bond donors (Lipinski definition) is 0. The molecule has 5 heteroatoms. The van der Waals surface area contributed by atoms with Crippen LogP contribution in [0.1, 0.15) is 126 Å². The maximum Gasteiger partial charge on any atom is 0.137 e. The zero-order chi connectivity index (χ0) is 63.9. The molecule has 456 valence electrons. The molecule has 5 nitrogen and oxygen atoms in total. The first-order valence-corrected chi connectivity index (χ1v) is 33.0. The molecule has 0 unspecified atom stereocenters. The number of nitrogens with zero attached hydrogens (tertiary/aromatic N) is 4. The highest BCUT2D eigenvalue weighted by atomic mass is 16.5. The lowest BCUT2D eigenvalue weighted by molar-refractivity contribution is 0.483. The SMILES string of the molecule is CC(C)(C)c1cccc(-c2ccc(-n3c4ccccc4c4ccc(Oc5cccc(N6CN(c7c(-c8cc(C(C)(C)C)cc(C(C)(C)C)c8)cccc7-c7ccc8c(c7)-c7ccccc7C87c8ccccc8C(C)(C)c8ccccc87)c7ccccc76)c5)cc43)nc2)c1. The minimum atomic E-state index is -0.487. The standard InChI is InChI=1S/C88H78N4O/c1-84(2,3)60-26-22-25-56(47-60)58-42-46-82(89-54-58)92-78-38-19-13-30-69(78)70-44-43-65(53-81(70)92)93-64-28-23-27-63(52-64)90-55-91(80-40-21-20-39-79(80)90)83-66(31-24-32-67(83)59-48-61(85(4,5)6)51-62(49-59)86(7,8)9)57-41-45-73-71(50-57)68-29-12-14-33-72(68)88(73)76-36-17-15-34-74(76)87(10,11)75-35-16-18-37-77(75)88/h12-54H,55H2,1-11H3. The summed E-state index contributed by atoms with van der Waals surface area (Å²) in [7, 11) is 0. The minimum absolute atomic E-state index is 0.0457. The molecule has 11 aromatic carbocycles. The normalized spacial score (nSPS) is 14.5. The molecule has 1 spiro atoms. The number of aromatic nitrogens is 2. The van der Waals surface area contributed by atoms with Gasteiger partial charge in [-0.3, -0.25) is 4.57 Å². The van der Waals surface area contributed by atoms with Crippen LogP contribution in [0.4, 0.5) is 22.7 Å². The van der Waals surface area contributed by atoms with Gasteiger partial charge in [0.2, 0.25) is 0 Å². The number of benzene rings is 11. The number of anilines is 4. The molecular formula is C88H78N4O. The third kappa shape index (κ3) is 9.28. The number of hydrogen-bond acceptors (Lipinski definition) is 4. The molecular weight excluding hydrogens is 1130 g/mol. The van der Waals surface area contributed by atoms with E-state index >= 15 is 0 Å². The summed E-state index contributed by atoms with van der Waals surface area (Å²) in [6.07, 6.45) is 2.00. The van der Waals surface area contributed by atoms with E-state index in [0.717, 1.165) is 61.9 Å². The van der Waals surface area contributed by atoms with Crippen molar-refractivity contribution >= 4 is 44.6 Å². The van der Waals surface area contributed by atoms with Gasteiger partial charge in [0.15, 0.2) is 0 Å². The average molecular weight is 1210 g/mol. The molecule has 93 heavy (non-hydrogen) atoms. The second kappa shape index (κ2) is 21.2. The number of pyridine rings is 1. The van der Waals surface area contributed by atoms with Crippen molar-refractivity contribution in [2.24, 2.45) is 0 Å². The van der Waals surface area contributed by atoms with Gasteiger partial charge in [0.1, 0.15) is 24.0 Å². The zero-order valence-corrected chi connectivity index (χ0v) is 55.2. The summed E-state index contributed by atoms with van der Waals surface area (Å²) in [5.74, 6) is 2.35. The van der Waals surface area contributed by atoms with E-state index in [1.165, 1.54) is 94.5 Å². The van der Waals surface area contributed by atoms with Gasteiger partial charge >= 0.3 is 0 Å². The number of rotatable bonds is 8. The van der Waals surface area contributed by atoms with Crippen LogP contribution in [-0.4, -0.2) is 16.2 Å². The lowest BCUT2D eigenvalue weighted by Gasteiger charge is -2.46. The summed E-state index contributed by atoms with van der Waals surface area (Å²) in [5.41, 5.74) is 27.5. The number of fused-ring (bicyclic) bond motifs is 13. The smallest absolute Gasteiger partial charge is 0.137 e. The van der Waals surface area contributed by atoms with Crippen LogP contribution in [-0.2, 0) is 27.1 Å². The van der Waals surface area contributed by atoms with E-state index in [2.05, 4.69) is 345 Å². The van der Waals surface area contributed by atoms with Crippen LogP contribution in [0.25, 0.3) is 72.1 Å². The van der Waals surface area contributed by atoms with Gasteiger partial charge in [-0.1, -0.05) is 258 Å². The van der Waals surface area contributed by atoms with Crippen LogP contribution >= 0.6 is 0 Å². The van der Waals surface area contributed by atoms with E-state index in [-0.39, 0.29) is 21.7 Å². The maximum atomic E-state index is 7.00. The lowest BCUT2D eigenvalue weighted by Crippen LogP contribution is -2.40. The van der Waals surface area contributed by atoms with Gasteiger partial charge in [0.25, 0.3) is 0 Å².